The Labute approximate surface area is 119 Å². The van der Waals surface area contributed by atoms with Crippen LogP contribution < -0.4 is 0 Å². The van der Waals surface area contributed by atoms with Crippen molar-refractivity contribution < 1.29 is 30.9 Å². The van der Waals surface area contributed by atoms with Gasteiger partial charge in [0, 0.05) is 5.56 Å². The summed E-state index contributed by atoms with van der Waals surface area (Å²) in [5.41, 5.74) is -4.27. The topological polar surface area (TPSA) is 63.6 Å². The summed E-state index contributed by atoms with van der Waals surface area (Å²) < 4.78 is 63.8. The van der Waals surface area contributed by atoms with Gasteiger partial charge in [-0.05, 0) is 23.6 Å². The van der Waals surface area contributed by atoms with Crippen molar-refractivity contribution in [2.45, 2.75) is 11.9 Å². The molecule has 0 aromatic heterocycles. The van der Waals surface area contributed by atoms with E-state index in [-0.39, 0.29) is 18.6 Å². The van der Waals surface area contributed by atoms with E-state index in [0.717, 1.165) is 0 Å². The molecule has 0 saturated carbocycles. The summed E-state index contributed by atoms with van der Waals surface area (Å²) in [5.74, 6) is -0.400. The molecule has 0 aliphatic heterocycles. The molecule has 1 aliphatic rings. The molecule has 1 aliphatic carbocycles. The summed E-state index contributed by atoms with van der Waals surface area (Å²) in [4.78, 5) is 0. The van der Waals surface area contributed by atoms with Crippen LogP contribution in [-0.2, 0) is 14.3 Å². The summed E-state index contributed by atoms with van der Waals surface area (Å²) in [5, 5.41) is 9.15. The van der Waals surface area contributed by atoms with E-state index < -0.39 is 21.4 Å². The standard InChI is InChI=1S/C13H11F3O4S/c14-13(15,16)21(18,19)20-12-6-5-9(8-17)7-10-3-1-2-4-11(10)12/h1-4,6-7,17H,5,8H2. The van der Waals surface area contributed by atoms with E-state index in [2.05, 4.69) is 4.18 Å². The smallest absolute Gasteiger partial charge is 0.392 e. The van der Waals surface area contributed by atoms with Crippen molar-refractivity contribution in [1.82, 2.24) is 0 Å². The number of aliphatic hydroxyl groups is 1. The van der Waals surface area contributed by atoms with Crippen LogP contribution >= 0.6 is 0 Å². The first kappa shape index (κ1) is 15.6. The number of aliphatic hydroxyl groups excluding tert-OH is 1. The third kappa shape index (κ3) is 3.27. The lowest BCUT2D eigenvalue weighted by Gasteiger charge is -2.13. The van der Waals surface area contributed by atoms with E-state index >= 15 is 0 Å². The highest BCUT2D eigenvalue weighted by Gasteiger charge is 2.49. The van der Waals surface area contributed by atoms with E-state index in [1.54, 1.807) is 24.3 Å². The van der Waals surface area contributed by atoms with Crippen LogP contribution in [0.25, 0.3) is 11.8 Å². The lowest BCUT2D eigenvalue weighted by molar-refractivity contribution is -0.0509. The third-order valence-electron chi connectivity index (χ3n) is 2.82. The molecular weight excluding hydrogens is 309 g/mol. The Balaban J connectivity index is 2.46. The molecule has 0 radical (unpaired) electrons. The quantitative estimate of drug-likeness (QED) is 0.687. The van der Waals surface area contributed by atoms with Gasteiger partial charge in [0.25, 0.3) is 0 Å². The average Bonchev–Trinajstić information content (AvgIpc) is 2.57. The molecule has 21 heavy (non-hydrogen) atoms. The zero-order valence-corrected chi connectivity index (χ0v) is 11.4. The lowest BCUT2D eigenvalue weighted by Crippen LogP contribution is -2.25. The molecule has 1 aromatic carbocycles. The Kier molecular flexibility index (Phi) is 4.11. The van der Waals surface area contributed by atoms with Crippen LogP contribution in [0.4, 0.5) is 13.2 Å². The molecule has 0 atom stereocenters. The Hall–Kier alpha value is -1.80. The largest absolute Gasteiger partial charge is 0.534 e. The molecule has 0 bridgehead atoms. The molecule has 1 aromatic rings. The van der Waals surface area contributed by atoms with E-state index in [1.165, 1.54) is 12.1 Å². The van der Waals surface area contributed by atoms with Crippen molar-refractivity contribution in [3.63, 3.8) is 0 Å². The maximum atomic E-state index is 12.4. The van der Waals surface area contributed by atoms with Crippen molar-refractivity contribution in [2.75, 3.05) is 6.61 Å². The molecule has 2 rings (SSSR count). The average molecular weight is 320 g/mol. The molecule has 0 saturated heterocycles. The van der Waals surface area contributed by atoms with Gasteiger partial charge in [0.05, 0.1) is 6.61 Å². The minimum atomic E-state index is -5.73. The molecule has 1 N–H and O–H groups in total. The third-order valence-corrected chi connectivity index (χ3v) is 3.79. The Morgan fingerprint density at radius 3 is 2.52 bits per heavy atom. The second-order valence-corrected chi connectivity index (χ2v) is 5.84. The molecule has 0 unspecified atom stereocenters. The summed E-state index contributed by atoms with van der Waals surface area (Å²) in [6.45, 7) is -0.288. The van der Waals surface area contributed by atoms with Crippen LogP contribution in [0.15, 0.2) is 35.9 Å². The highest BCUT2D eigenvalue weighted by molar-refractivity contribution is 7.87. The first-order chi connectivity index (χ1) is 9.74. The number of hydrogen-bond donors (Lipinski definition) is 1. The summed E-state index contributed by atoms with van der Waals surface area (Å²) in [6, 6.07) is 6.23. The Bertz CT molecular complexity index is 702. The van der Waals surface area contributed by atoms with Gasteiger partial charge in [-0.25, -0.2) is 0 Å². The van der Waals surface area contributed by atoms with Gasteiger partial charge in [0.1, 0.15) is 5.76 Å². The van der Waals surface area contributed by atoms with E-state index in [4.69, 9.17) is 5.11 Å². The summed E-state index contributed by atoms with van der Waals surface area (Å²) in [6.07, 6.45) is 2.88. The van der Waals surface area contributed by atoms with Crippen LogP contribution in [0.3, 0.4) is 0 Å². The Morgan fingerprint density at radius 2 is 1.90 bits per heavy atom. The van der Waals surface area contributed by atoms with Gasteiger partial charge >= 0.3 is 15.6 Å². The molecule has 114 valence electrons. The summed E-state index contributed by atoms with van der Waals surface area (Å²) >= 11 is 0. The first-order valence-electron chi connectivity index (χ1n) is 5.85. The SMILES string of the molecule is O=S(=O)(OC1=CCC(CO)=Cc2ccccc21)C(F)(F)F. The van der Waals surface area contributed by atoms with E-state index in [1.807, 2.05) is 0 Å². The molecular formula is C13H11F3O4S. The van der Waals surface area contributed by atoms with E-state index in [0.29, 0.717) is 11.1 Å². The molecule has 0 heterocycles. The molecule has 0 fully saturated rings. The maximum absolute atomic E-state index is 12.4. The second-order valence-electron chi connectivity index (χ2n) is 4.30. The fourth-order valence-electron chi connectivity index (χ4n) is 1.81. The Morgan fingerprint density at radius 1 is 1.24 bits per heavy atom. The van der Waals surface area contributed by atoms with Gasteiger partial charge in [0.15, 0.2) is 0 Å². The number of rotatable bonds is 3. The van der Waals surface area contributed by atoms with Gasteiger partial charge in [-0.15, -0.1) is 0 Å². The normalized spacial score (nSPS) is 15.6. The predicted molar refractivity (Wildman–Crippen MR) is 70.2 cm³/mol. The van der Waals surface area contributed by atoms with Crippen LogP contribution in [0.5, 0.6) is 0 Å². The second kappa shape index (κ2) is 5.53. The van der Waals surface area contributed by atoms with Crippen molar-refractivity contribution in [3.8, 4) is 0 Å². The monoisotopic (exact) mass is 320 g/mol. The lowest BCUT2D eigenvalue weighted by atomic mass is 10.1. The van der Waals surface area contributed by atoms with Gasteiger partial charge in [0.2, 0.25) is 0 Å². The summed E-state index contributed by atoms with van der Waals surface area (Å²) in [7, 11) is -5.73. The maximum Gasteiger partial charge on any atom is 0.534 e. The number of fused-ring (bicyclic) bond motifs is 1. The van der Waals surface area contributed by atoms with Gasteiger partial charge in [-0.3, -0.25) is 0 Å². The van der Waals surface area contributed by atoms with Gasteiger partial charge in [-0.2, -0.15) is 21.6 Å². The van der Waals surface area contributed by atoms with E-state index in [9.17, 15) is 21.6 Å². The van der Waals surface area contributed by atoms with Crippen molar-refractivity contribution in [2.24, 2.45) is 0 Å². The zero-order chi connectivity index (χ0) is 15.7. The number of allylic oxidation sites excluding steroid dienone is 1. The number of halogens is 3. The molecule has 8 heteroatoms. The van der Waals surface area contributed by atoms with Crippen molar-refractivity contribution in [3.05, 3.63) is 47.0 Å². The number of hydrogen-bond acceptors (Lipinski definition) is 4. The van der Waals surface area contributed by atoms with Crippen LogP contribution in [-0.4, -0.2) is 25.6 Å². The highest BCUT2D eigenvalue weighted by Crippen LogP contribution is 2.33. The van der Waals surface area contributed by atoms with Crippen LogP contribution in [0, 0.1) is 0 Å². The molecule has 4 nitrogen and oxygen atoms in total. The molecule has 0 amide bonds. The number of alkyl halides is 3. The van der Waals surface area contributed by atoms with Crippen LogP contribution in [0.2, 0.25) is 0 Å². The highest BCUT2D eigenvalue weighted by atomic mass is 32.2. The molecule has 0 spiro atoms. The minimum Gasteiger partial charge on any atom is -0.392 e. The van der Waals surface area contributed by atoms with Crippen LogP contribution in [0.1, 0.15) is 17.5 Å². The predicted octanol–water partition coefficient (Wildman–Crippen LogP) is 2.67. The van der Waals surface area contributed by atoms with Crippen molar-refractivity contribution in [1.29, 1.82) is 0 Å². The van der Waals surface area contributed by atoms with Gasteiger partial charge < -0.3 is 9.29 Å². The van der Waals surface area contributed by atoms with Gasteiger partial charge in [-0.1, -0.05) is 30.3 Å². The fraction of sp³-hybridized carbons (Fsp3) is 0.231. The number of benzene rings is 1. The fourth-order valence-corrected chi connectivity index (χ4v) is 2.30. The zero-order valence-electron chi connectivity index (χ0n) is 10.6. The van der Waals surface area contributed by atoms with Crippen molar-refractivity contribution >= 4 is 22.0 Å². The minimum absolute atomic E-state index is 0.0912. The first-order valence-corrected chi connectivity index (χ1v) is 7.26.